The first-order chi connectivity index (χ1) is 9.50. The zero-order valence-electron chi connectivity index (χ0n) is 12.2. The molecule has 7 heteroatoms. The molecule has 116 valence electrons. The minimum absolute atomic E-state index is 0.0724. The molecule has 2 rings (SSSR count). The van der Waals surface area contributed by atoms with Crippen LogP contribution in [-0.4, -0.2) is 56.3 Å². The molecular formula is C13H25N3O3S. The second kappa shape index (κ2) is 6.87. The zero-order valence-corrected chi connectivity index (χ0v) is 13.0. The number of likely N-dealkylation sites (tertiary alicyclic amines) is 1. The van der Waals surface area contributed by atoms with Gasteiger partial charge in [-0.15, -0.1) is 0 Å². The summed E-state index contributed by atoms with van der Waals surface area (Å²) in [5, 5.41) is 0. The van der Waals surface area contributed by atoms with Gasteiger partial charge in [0.15, 0.2) is 0 Å². The van der Waals surface area contributed by atoms with Gasteiger partial charge in [0.05, 0.1) is 6.54 Å². The van der Waals surface area contributed by atoms with Crippen LogP contribution >= 0.6 is 0 Å². The molecular weight excluding hydrogens is 278 g/mol. The Morgan fingerprint density at radius 2 is 1.75 bits per heavy atom. The van der Waals surface area contributed by atoms with E-state index < -0.39 is 10.2 Å². The number of carbonyl (C=O) groups excluding carboxylic acids is 1. The molecule has 0 aromatic carbocycles. The van der Waals surface area contributed by atoms with Crippen LogP contribution in [0.5, 0.6) is 0 Å². The van der Waals surface area contributed by atoms with Crippen molar-refractivity contribution in [2.75, 3.05) is 26.7 Å². The van der Waals surface area contributed by atoms with Crippen LogP contribution in [0.4, 0.5) is 0 Å². The summed E-state index contributed by atoms with van der Waals surface area (Å²) in [6.07, 6.45) is 7.20. The quantitative estimate of drug-likeness (QED) is 0.813. The Morgan fingerprint density at radius 3 is 2.35 bits per heavy atom. The van der Waals surface area contributed by atoms with Gasteiger partial charge in [-0.3, -0.25) is 4.79 Å². The van der Waals surface area contributed by atoms with E-state index in [1.165, 1.54) is 10.7 Å². The maximum absolute atomic E-state index is 12.2. The van der Waals surface area contributed by atoms with Gasteiger partial charge in [0.25, 0.3) is 10.2 Å². The molecule has 1 saturated carbocycles. The van der Waals surface area contributed by atoms with Crippen molar-refractivity contribution in [3.8, 4) is 0 Å². The number of hydrogen-bond acceptors (Lipinski definition) is 3. The van der Waals surface area contributed by atoms with Crippen molar-refractivity contribution in [3.63, 3.8) is 0 Å². The SMILES string of the molecule is CN(C1CCCCC1)S(=O)(=O)NCC(=O)N1CCCC1. The average Bonchev–Trinajstić information content (AvgIpc) is 2.99. The Balaban J connectivity index is 1.84. The Bertz CT molecular complexity index is 426. The van der Waals surface area contributed by atoms with Crippen LogP contribution < -0.4 is 4.72 Å². The monoisotopic (exact) mass is 303 g/mol. The summed E-state index contributed by atoms with van der Waals surface area (Å²) in [7, 11) is -1.94. The fourth-order valence-electron chi connectivity index (χ4n) is 2.97. The molecule has 0 bridgehead atoms. The summed E-state index contributed by atoms with van der Waals surface area (Å²) >= 11 is 0. The first-order valence-corrected chi connectivity index (χ1v) is 8.95. The first kappa shape index (κ1) is 15.7. The number of rotatable bonds is 5. The molecule has 1 aliphatic carbocycles. The number of hydrogen-bond donors (Lipinski definition) is 1. The highest BCUT2D eigenvalue weighted by molar-refractivity contribution is 7.87. The molecule has 0 atom stereocenters. The molecule has 0 spiro atoms. The Morgan fingerprint density at radius 1 is 1.15 bits per heavy atom. The smallest absolute Gasteiger partial charge is 0.279 e. The van der Waals surface area contributed by atoms with Gasteiger partial charge in [0, 0.05) is 26.2 Å². The molecule has 1 N–H and O–H groups in total. The van der Waals surface area contributed by atoms with Crippen LogP contribution in [0.15, 0.2) is 0 Å². The van der Waals surface area contributed by atoms with Crippen molar-refractivity contribution in [1.29, 1.82) is 0 Å². The van der Waals surface area contributed by atoms with E-state index in [4.69, 9.17) is 0 Å². The van der Waals surface area contributed by atoms with Crippen molar-refractivity contribution in [2.24, 2.45) is 0 Å². The van der Waals surface area contributed by atoms with Gasteiger partial charge in [0.1, 0.15) is 0 Å². The van der Waals surface area contributed by atoms with Gasteiger partial charge in [-0.25, -0.2) is 0 Å². The third kappa shape index (κ3) is 3.93. The van der Waals surface area contributed by atoms with Crippen LogP contribution in [0.25, 0.3) is 0 Å². The third-order valence-corrected chi connectivity index (χ3v) is 5.90. The van der Waals surface area contributed by atoms with Crippen LogP contribution in [0.2, 0.25) is 0 Å². The van der Waals surface area contributed by atoms with E-state index in [0.29, 0.717) is 0 Å². The van der Waals surface area contributed by atoms with Gasteiger partial charge >= 0.3 is 0 Å². The second-order valence-electron chi connectivity index (χ2n) is 5.72. The predicted octanol–water partition coefficient (Wildman–Crippen LogP) is 0.708. The maximum atomic E-state index is 12.2. The van der Waals surface area contributed by atoms with Crippen LogP contribution in [0.1, 0.15) is 44.9 Å². The normalized spacial score (nSPS) is 21.6. The van der Waals surface area contributed by atoms with Gasteiger partial charge in [-0.2, -0.15) is 17.4 Å². The molecule has 0 unspecified atom stereocenters. The summed E-state index contributed by atoms with van der Waals surface area (Å²) in [5.74, 6) is -0.122. The molecule has 1 aliphatic heterocycles. The van der Waals surface area contributed by atoms with Gasteiger partial charge < -0.3 is 4.90 Å². The lowest BCUT2D eigenvalue weighted by Gasteiger charge is -2.30. The highest BCUT2D eigenvalue weighted by Crippen LogP contribution is 2.22. The molecule has 1 amide bonds. The van der Waals surface area contributed by atoms with Gasteiger partial charge in [-0.05, 0) is 25.7 Å². The van der Waals surface area contributed by atoms with E-state index in [-0.39, 0.29) is 18.5 Å². The van der Waals surface area contributed by atoms with Gasteiger partial charge in [-0.1, -0.05) is 19.3 Å². The number of carbonyl (C=O) groups is 1. The van der Waals surface area contributed by atoms with Crippen molar-refractivity contribution < 1.29 is 13.2 Å². The average molecular weight is 303 g/mol. The lowest BCUT2D eigenvalue weighted by atomic mass is 9.96. The summed E-state index contributed by atoms with van der Waals surface area (Å²) in [6, 6.07) is 0.0724. The molecule has 0 radical (unpaired) electrons. The largest absolute Gasteiger partial charge is 0.342 e. The molecule has 2 aliphatic rings. The number of amides is 1. The second-order valence-corrected chi connectivity index (χ2v) is 7.54. The molecule has 0 aromatic heterocycles. The van der Waals surface area contributed by atoms with E-state index in [0.717, 1.165) is 51.6 Å². The lowest BCUT2D eigenvalue weighted by Crippen LogP contribution is -2.48. The Kier molecular flexibility index (Phi) is 5.40. The number of nitrogens with one attached hydrogen (secondary N) is 1. The molecule has 1 heterocycles. The molecule has 6 nitrogen and oxygen atoms in total. The highest BCUT2D eigenvalue weighted by atomic mass is 32.2. The van der Waals surface area contributed by atoms with Crippen molar-refractivity contribution in [1.82, 2.24) is 13.9 Å². The number of nitrogens with zero attached hydrogens (tertiary/aromatic N) is 2. The minimum Gasteiger partial charge on any atom is -0.342 e. The molecule has 20 heavy (non-hydrogen) atoms. The maximum Gasteiger partial charge on any atom is 0.279 e. The zero-order chi connectivity index (χ0) is 14.6. The minimum atomic E-state index is -3.55. The Labute approximate surface area is 121 Å². The summed E-state index contributed by atoms with van der Waals surface area (Å²) in [5.41, 5.74) is 0. The van der Waals surface area contributed by atoms with E-state index in [9.17, 15) is 13.2 Å². The van der Waals surface area contributed by atoms with E-state index in [2.05, 4.69) is 4.72 Å². The van der Waals surface area contributed by atoms with Gasteiger partial charge in [0.2, 0.25) is 5.91 Å². The summed E-state index contributed by atoms with van der Waals surface area (Å²) in [6.45, 7) is 1.37. The van der Waals surface area contributed by atoms with Crippen LogP contribution in [0, 0.1) is 0 Å². The van der Waals surface area contributed by atoms with E-state index in [1.807, 2.05) is 0 Å². The van der Waals surface area contributed by atoms with Crippen LogP contribution in [-0.2, 0) is 15.0 Å². The Hall–Kier alpha value is -0.660. The predicted molar refractivity (Wildman–Crippen MR) is 77.4 cm³/mol. The lowest BCUT2D eigenvalue weighted by molar-refractivity contribution is -0.128. The topological polar surface area (TPSA) is 69.7 Å². The fourth-order valence-corrected chi connectivity index (χ4v) is 4.09. The van der Waals surface area contributed by atoms with E-state index in [1.54, 1.807) is 11.9 Å². The van der Waals surface area contributed by atoms with E-state index >= 15 is 0 Å². The molecule has 0 aromatic rings. The van der Waals surface area contributed by atoms with Crippen molar-refractivity contribution in [2.45, 2.75) is 51.0 Å². The standard InChI is InChI=1S/C13H25N3O3S/c1-15(12-7-3-2-4-8-12)20(18,19)14-11-13(17)16-9-5-6-10-16/h12,14H,2-11H2,1H3. The fraction of sp³-hybridized carbons (Fsp3) is 0.923. The summed E-state index contributed by atoms with van der Waals surface area (Å²) < 4.78 is 28.2. The van der Waals surface area contributed by atoms with Crippen molar-refractivity contribution in [3.05, 3.63) is 0 Å². The summed E-state index contributed by atoms with van der Waals surface area (Å²) in [4.78, 5) is 13.6. The molecule has 1 saturated heterocycles. The molecule has 2 fully saturated rings. The van der Waals surface area contributed by atoms with Crippen LogP contribution in [0.3, 0.4) is 0 Å². The first-order valence-electron chi connectivity index (χ1n) is 7.51. The highest BCUT2D eigenvalue weighted by Gasteiger charge is 2.28. The third-order valence-electron chi connectivity index (χ3n) is 4.33. The van der Waals surface area contributed by atoms with Crippen molar-refractivity contribution >= 4 is 16.1 Å².